The van der Waals surface area contributed by atoms with E-state index >= 15 is 0 Å². The fraction of sp³-hybridized carbons (Fsp3) is 0.350. The van der Waals surface area contributed by atoms with E-state index in [0.29, 0.717) is 6.42 Å². The normalized spacial score (nSPS) is 12.7. The Bertz CT molecular complexity index is 698. The number of alkyl halides is 3. The summed E-state index contributed by atoms with van der Waals surface area (Å²) in [5, 5.41) is 0. The number of rotatable bonds is 6. The minimum absolute atomic E-state index is 0.0679. The molecular formula is C20H22F3NO. The Morgan fingerprint density at radius 3 is 2.24 bits per heavy atom. The highest BCUT2D eigenvalue weighted by molar-refractivity contribution is 5.83. The predicted octanol–water partition coefficient (Wildman–Crippen LogP) is 5.25. The van der Waals surface area contributed by atoms with Crippen molar-refractivity contribution in [3.8, 4) is 0 Å². The van der Waals surface area contributed by atoms with Gasteiger partial charge in [-0.3, -0.25) is 4.79 Å². The molecule has 0 heterocycles. The minimum Gasteiger partial charge on any atom is -0.341 e. The van der Waals surface area contributed by atoms with Crippen molar-refractivity contribution in [3.05, 3.63) is 71.3 Å². The highest BCUT2D eigenvalue weighted by atomic mass is 19.4. The summed E-state index contributed by atoms with van der Waals surface area (Å²) in [6, 6.07) is 14.8. The lowest BCUT2D eigenvalue weighted by Gasteiger charge is -2.25. The van der Waals surface area contributed by atoms with Crippen LogP contribution in [-0.4, -0.2) is 17.9 Å². The number of benzene rings is 2. The first-order chi connectivity index (χ1) is 11.8. The number of carbonyl (C=O) groups excluding carboxylic acids is 1. The molecule has 0 aliphatic carbocycles. The number of amides is 1. The molecule has 0 fully saturated rings. The number of nitrogens with zero attached hydrogens (tertiary/aromatic N) is 1. The molecule has 1 atom stereocenters. The lowest BCUT2D eigenvalue weighted by atomic mass is 9.93. The molecule has 0 spiro atoms. The maximum Gasteiger partial charge on any atom is 0.416 e. The first-order valence-electron chi connectivity index (χ1n) is 8.29. The van der Waals surface area contributed by atoms with Gasteiger partial charge in [-0.1, -0.05) is 61.9 Å². The average Bonchev–Trinajstić information content (AvgIpc) is 2.59. The van der Waals surface area contributed by atoms with Crippen LogP contribution in [0.4, 0.5) is 13.2 Å². The van der Waals surface area contributed by atoms with Gasteiger partial charge in [0.05, 0.1) is 11.5 Å². The Labute approximate surface area is 146 Å². The Hall–Kier alpha value is -2.30. The molecule has 1 amide bonds. The second kappa shape index (κ2) is 8.19. The number of likely N-dealkylation sites (N-methyl/N-ethyl adjacent to an activating group) is 1. The topological polar surface area (TPSA) is 20.3 Å². The maximum atomic E-state index is 13.1. The zero-order chi connectivity index (χ0) is 18.4. The third-order valence-corrected chi connectivity index (χ3v) is 4.18. The van der Waals surface area contributed by atoms with Gasteiger partial charge in [0.2, 0.25) is 5.91 Å². The first kappa shape index (κ1) is 19.0. The Balaban J connectivity index is 2.22. The van der Waals surface area contributed by atoms with Crippen LogP contribution in [0.15, 0.2) is 54.6 Å². The van der Waals surface area contributed by atoms with Gasteiger partial charge < -0.3 is 4.90 Å². The minimum atomic E-state index is -4.43. The molecule has 5 heteroatoms. The van der Waals surface area contributed by atoms with Crippen LogP contribution in [0.1, 0.15) is 42.4 Å². The van der Waals surface area contributed by atoms with E-state index in [1.54, 1.807) is 13.1 Å². The Morgan fingerprint density at radius 2 is 1.64 bits per heavy atom. The van der Waals surface area contributed by atoms with Crippen LogP contribution in [0.5, 0.6) is 0 Å². The van der Waals surface area contributed by atoms with Gasteiger partial charge in [-0.25, -0.2) is 0 Å². The van der Waals surface area contributed by atoms with Crippen molar-refractivity contribution < 1.29 is 18.0 Å². The van der Waals surface area contributed by atoms with Crippen molar-refractivity contribution in [1.82, 2.24) is 4.90 Å². The van der Waals surface area contributed by atoms with Gasteiger partial charge >= 0.3 is 6.18 Å². The summed E-state index contributed by atoms with van der Waals surface area (Å²) in [7, 11) is 1.56. The van der Waals surface area contributed by atoms with Crippen molar-refractivity contribution >= 4 is 5.91 Å². The number of hydrogen-bond donors (Lipinski definition) is 0. The van der Waals surface area contributed by atoms with E-state index in [-0.39, 0.29) is 23.9 Å². The van der Waals surface area contributed by atoms with Crippen molar-refractivity contribution in [3.63, 3.8) is 0 Å². The van der Waals surface area contributed by atoms with E-state index in [1.807, 2.05) is 37.3 Å². The van der Waals surface area contributed by atoms with Crippen LogP contribution in [0, 0.1) is 0 Å². The smallest absolute Gasteiger partial charge is 0.341 e. The van der Waals surface area contributed by atoms with E-state index in [4.69, 9.17) is 0 Å². The van der Waals surface area contributed by atoms with Crippen LogP contribution in [0.3, 0.4) is 0 Å². The van der Waals surface area contributed by atoms with E-state index < -0.39 is 11.7 Å². The largest absolute Gasteiger partial charge is 0.416 e. The van der Waals surface area contributed by atoms with Gasteiger partial charge in [-0.05, 0) is 23.6 Å². The average molecular weight is 349 g/mol. The zero-order valence-electron chi connectivity index (χ0n) is 14.4. The van der Waals surface area contributed by atoms with Crippen LogP contribution >= 0.6 is 0 Å². The highest BCUT2D eigenvalue weighted by Crippen LogP contribution is 2.33. The van der Waals surface area contributed by atoms with Gasteiger partial charge in [-0.2, -0.15) is 13.2 Å². The second-order valence-electron chi connectivity index (χ2n) is 6.10. The molecule has 2 aromatic rings. The zero-order valence-corrected chi connectivity index (χ0v) is 14.4. The number of hydrogen-bond acceptors (Lipinski definition) is 1. The predicted molar refractivity (Wildman–Crippen MR) is 92.0 cm³/mol. The molecule has 0 bridgehead atoms. The molecule has 0 aliphatic rings. The van der Waals surface area contributed by atoms with Crippen molar-refractivity contribution in [2.45, 2.75) is 38.4 Å². The molecule has 0 radical (unpaired) electrons. The summed E-state index contributed by atoms with van der Waals surface area (Å²) in [6.45, 7) is 1.92. The molecule has 2 aromatic carbocycles. The van der Waals surface area contributed by atoms with Crippen molar-refractivity contribution in [1.29, 1.82) is 0 Å². The molecule has 25 heavy (non-hydrogen) atoms. The summed E-state index contributed by atoms with van der Waals surface area (Å²) < 4.78 is 39.4. The van der Waals surface area contributed by atoms with E-state index in [1.165, 1.54) is 17.0 Å². The van der Waals surface area contributed by atoms with Crippen LogP contribution in [-0.2, 0) is 17.5 Å². The van der Waals surface area contributed by atoms with E-state index in [2.05, 4.69) is 0 Å². The SMILES string of the molecule is CCCC(C(=O)N(C)Cc1ccccc1C(F)(F)F)c1ccccc1. The van der Waals surface area contributed by atoms with Gasteiger partial charge in [-0.15, -0.1) is 0 Å². The lowest BCUT2D eigenvalue weighted by Crippen LogP contribution is -2.32. The maximum absolute atomic E-state index is 13.1. The van der Waals surface area contributed by atoms with Gasteiger partial charge in [0.15, 0.2) is 0 Å². The monoisotopic (exact) mass is 349 g/mol. The molecule has 0 saturated heterocycles. The summed E-state index contributed by atoms with van der Waals surface area (Å²) in [5.74, 6) is -0.501. The third kappa shape index (κ3) is 4.84. The molecule has 0 aromatic heterocycles. The summed E-state index contributed by atoms with van der Waals surface area (Å²) in [5.41, 5.74) is 0.306. The van der Waals surface area contributed by atoms with Crippen LogP contribution in [0.2, 0.25) is 0 Å². The summed E-state index contributed by atoms with van der Waals surface area (Å²) >= 11 is 0. The van der Waals surface area contributed by atoms with Gasteiger partial charge in [0.25, 0.3) is 0 Å². The first-order valence-corrected chi connectivity index (χ1v) is 8.29. The van der Waals surface area contributed by atoms with Crippen molar-refractivity contribution in [2.75, 3.05) is 7.05 Å². The van der Waals surface area contributed by atoms with E-state index in [9.17, 15) is 18.0 Å². The fourth-order valence-corrected chi connectivity index (χ4v) is 2.94. The molecular weight excluding hydrogens is 327 g/mol. The van der Waals surface area contributed by atoms with Crippen LogP contribution < -0.4 is 0 Å². The fourth-order valence-electron chi connectivity index (χ4n) is 2.94. The number of carbonyl (C=O) groups is 1. The number of halogens is 3. The lowest BCUT2D eigenvalue weighted by molar-refractivity contribution is -0.139. The Kier molecular flexibility index (Phi) is 6.23. The van der Waals surface area contributed by atoms with E-state index in [0.717, 1.165) is 18.1 Å². The molecule has 0 aliphatic heterocycles. The molecule has 2 nitrogen and oxygen atoms in total. The summed E-state index contributed by atoms with van der Waals surface area (Å²) in [6.07, 6.45) is -2.95. The summed E-state index contributed by atoms with van der Waals surface area (Å²) in [4.78, 5) is 14.2. The van der Waals surface area contributed by atoms with Gasteiger partial charge in [0.1, 0.15) is 0 Å². The molecule has 1 unspecified atom stereocenters. The molecule has 0 saturated carbocycles. The molecule has 2 rings (SSSR count). The highest BCUT2D eigenvalue weighted by Gasteiger charge is 2.33. The quantitative estimate of drug-likeness (QED) is 0.698. The second-order valence-corrected chi connectivity index (χ2v) is 6.10. The van der Waals surface area contributed by atoms with Crippen LogP contribution in [0.25, 0.3) is 0 Å². The Morgan fingerprint density at radius 1 is 1.04 bits per heavy atom. The molecule has 134 valence electrons. The van der Waals surface area contributed by atoms with Gasteiger partial charge in [0, 0.05) is 13.6 Å². The third-order valence-electron chi connectivity index (χ3n) is 4.18. The standard InChI is InChI=1S/C20H22F3NO/c1-3-9-17(15-10-5-4-6-11-15)19(25)24(2)14-16-12-7-8-13-18(16)20(21,22)23/h4-8,10-13,17H,3,9,14H2,1-2H3. The van der Waals surface area contributed by atoms with Crippen molar-refractivity contribution in [2.24, 2.45) is 0 Å². The molecule has 0 N–H and O–H groups in total.